The van der Waals surface area contributed by atoms with Gasteiger partial charge in [-0.05, 0) is 32.9 Å². The predicted octanol–water partition coefficient (Wildman–Crippen LogP) is 0.848. The van der Waals surface area contributed by atoms with Crippen LogP contribution in [0.15, 0.2) is 6.07 Å². The van der Waals surface area contributed by atoms with Gasteiger partial charge in [-0.3, -0.25) is 10.00 Å². The molecule has 1 aliphatic carbocycles. The number of morpholine rings is 1. The number of nitrogens with zero attached hydrogens (tertiary/aromatic N) is 2. The maximum absolute atomic E-state index is 9.86. The van der Waals surface area contributed by atoms with Gasteiger partial charge in [0.2, 0.25) is 0 Å². The fraction of sp³-hybridized carbons (Fsp3) is 0.812. The molecule has 2 heterocycles. The van der Waals surface area contributed by atoms with Crippen molar-refractivity contribution in [2.45, 2.75) is 50.2 Å². The summed E-state index contributed by atoms with van der Waals surface area (Å²) >= 11 is 0. The highest BCUT2D eigenvalue weighted by atomic mass is 16.5. The largest absolute Gasteiger partial charge is 0.394 e. The molecule has 3 rings (SSSR count). The van der Waals surface area contributed by atoms with E-state index in [0.29, 0.717) is 25.1 Å². The summed E-state index contributed by atoms with van der Waals surface area (Å²) in [6.45, 7) is 4.95. The maximum atomic E-state index is 9.86. The van der Waals surface area contributed by atoms with Crippen molar-refractivity contribution in [1.82, 2.24) is 20.4 Å². The van der Waals surface area contributed by atoms with Gasteiger partial charge in [-0.1, -0.05) is 6.42 Å². The van der Waals surface area contributed by atoms with E-state index in [1.54, 1.807) is 0 Å². The third kappa shape index (κ3) is 3.06. The Morgan fingerprint density at radius 3 is 3.05 bits per heavy atom. The molecule has 6 heteroatoms. The first-order valence-corrected chi connectivity index (χ1v) is 8.31. The van der Waals surface area contributed by atoms with Crippen LogP contribution in [0, 0.1) is 0 Å². The molecule has 0 bridgehead atoms. The highest BCUT2D eigenvalue weighted by Crippen LogP contribution is 2.35. The number of likely N-dealkylation sites (N-methyl/N-ethyl adjacent to an activating group) is 1. The first kappa shape index (κ1) is 15.9. The third-order valence-electron chi connectivity index (χ3n) is 5.38. The van der Waals surface area contributed by atoms with Crippen molar-refractivity contribution in [2.75, 3.05) is 33.4 Å². The number of aromatic nitrogens is 2. The van der Waals surface area contributed by atoms with Crippen molar-refractivity contribution in [3.63, 3.8) is 0 Å². The summed E-state index contributed by atoms with van der Waals surface area (Å²) in [5, 5.41) is 20.9. The molecule has 0 amide bonds. The van der Waals surface area contributed by atoms with Crippen molar-refractivity contribution < 1.29 is 9.84 Å². The topological polar surface area (TPSA) is 73.4 Å². The van der Waals surface area contributed by atoms with Crippen molar-refractivity contribution in [3.8, 4) is 0 Å². The molecule has 1 aromatic heterocycles. The maximum Gasteiger partial charge on any atom is 0.0802 e. The van der Waals surface area contributed by atoms with Gasteiger partial charge in [-0.2, -0.15) is 5.10 Å². The molecule has 2 aliphatic rings. The average molecular weight is 308 g/mol. The first-order valence-electron chi connectivity index (χ1n) is 8.31. The van der Waals surface area contributed by atoms with E-state index in [2.05, 4.69) is 40.5 Å². The molecule has 6 nitrogen and oxygen atoms in total. The molecular formula is C16H28N4O2. The van der Waals surface area contributed by atoms with E-state index in [4.69, 9.17) is 4.74 Å². The van der Waals surface area contributed by atoms with E-state index >= 15 is 0 Å². The van der Waals surface area contributed by atoms with Crippen LogP contribution >= 0.6 is 0 Å². The monoisotopic (exact) mass is 308 g/mol. The summed E-state index contributed by atoms with van der Waals surface area (Å²) in [6, 6.07) is 2.49. The molecule has 22 heavy (non-hydrogen) atoms. The number of hydrogen-bond acceptors (Lipinski definition) is 5. The second-order valence-electron chi connectivity index (χ2n) is 6.91. The van der Waals surface area contributed by atoms with Gasteiger partial charge in [0.15, 0.2) is 0 Å². The van der Waals surface area contributed by atoms with Gasteiger partial charge < -0.3 is 15.2 Å². The summed E-state index contributed by atoms with van der Waals surface area (Å²) in [6.07, 6.45) is 3.87. The van der Waals surface area contributed by atoms with Crippen LogP contribution in [0.5, 0.6) is 0 Å². The van der Waals surface area contributed by atoms with Crippen molar-refractivity contribution in [3.05, 3.63) is 17.5 Å². The lowest BCUT2D eigenvalue weighted by atomic mass is 9.83. The smallest absolute Gasteiger partial charge is 0.0802 e. The van der Waals surface area contributed by atoms with Gasteiger partial charge in [0.25, 0.3) is 0 Å². The summed E-state index contributed by atoms with van der Waals surface area (Å²) in [7, 11) is 2.07. The number of aromatic amines is 1. The quantitative estimate of drug-likeness (QED) is 0.726. The molecule has 1 aromatic rings. The minimum atomic E-state index is -0.339. The molecule has 1 aliphatic heterocycles. The van der Waals surface area contributed by atoms with Crippen LogP contribution in [0.3, 0.4) is 0 Å². The Bertz CT molecular complexity index is 488. The SMILES string of the molecule is C[C@@H]1COC[C@@](CO)(CNCc2cc(C3CCC3)n[nH]2)N1C. The molecule has 2 fully saturated rings. The molecule has 2 atom stereocenters. The number of H-pyrrole nitrogens is 1. The zero-order valence-corrected chi connectivity index (χ0v) is 13.6. The van der Waals surface area contributed by atoms with E-state index < -0.39 is 0 Å². The van der Waals surface area contributed by atoms with Crippen LogP contribution in [-0.4, -0.2) is 65.2 Å². The normalized spacial score (nSPS) is 30.4. The van der Waals surface area contributed by atoms with E-state index in [9.17, 15) is 5.11 Å². The highest BCUT2D eigenvalue weighted by Gasteiger charge is 2.40. The second kappa shape index (κ2) is 6.66. The lowest BCUT2D eigenvalue weighted by Gasteiger charge is -2.47. The number of hydrogen-bond donors (Lipinski definition) is 3. The first-order chi connectivity index (χ1) is 10.6. The third-order valence-corrected chi connectivity index (χ3v) is 5.38. The van der Waals surface area contributed by atoms with E-state index in [1.807, 2.05) is 0 Å². The molecule has 124 valence electrons. The fourth-order valence-electron chi connectivity index (χ4n) is 3.30. The summed E-state index contributed by atoms with van der Waals surface area (Å²) < 4.78 is 5.66. The van der Waals surface area contributed by atoms with Gasteiger partial charge in [-0.15, -0.1) is 0 Å². The van der Waals surface area contributed by atoms with Crippen LogP contribution in [0.1, 0.15) is 43.5 Å². The Morgan fingerprint density at radius 1 is 1.55 bits per heavy atom. The van der Waals surface area contributed by atoms with Crippen LogP contribution in [0.4, 0.5) is 0 Å². The number of ether oxygens (including phenoxy) is 1. The van der Waals surface area contributed by atoms with Crippen molar-refractivity contribution in [1.29, 1.82) is 0 Å². The van der Waals surface area contributed by atoms with Gasteiger partial charge >= 0.3 is 0 Å². The lowest BCUT2D eigenvalue weighted by molar-refractivity contribution is -0.106. The Hall–Kier alpha value is -0.950. The fourth-order valence-corrected chi connectivity index (χ4v) is 3.30. The standard InChI is InChI=1S/C16H28N4O2/c1-12-8-22-11-16(10-21,20(12)2)9-17-7-14-6-15(19-18-14)13-4-3-5-13/h6,12-13,17,21H,3-5,7-11H2,1-2H3,(H,18,19)/t12-,16+/m1/s1. The minimum absolute atomic E-state index is 0.0944. The van der Waals surface area contributed by atoms with Crippen molar-refractivity contribution >= 4 is 0 Å². The lowest BCUT2D eigenvalue weighted by Crippen LogP contribution is -2.65. The number of aliphatic hydroxyl groups is 1. The Balaban J connectivity index is 1.53. The molecule has 0 spiro atoms. The molecule has 0 aromatic carbocycles. The number of rotatable bonds is 6. The molecule has 3 N–H and O–H groups in total. The zero-order valence-electron chi connectivity index (χ0n) is 13.6. The van der Waals surface area contributed by atoms with E-state index in [0.717, 1.165) is 18.8 Å². The van der Waals surface area contributed by atoms with Crippen LogP contribution in [0.2, 0.25) is 0 Å². The predicted molar refractivity (Wildman–Crippen MR) is 84.7 cm³/mol. The Kier molecular flexibility index (Phi) is 4.82. The van der Waals surface area contributed by atoms with Crippen LogP contribution in [-0.2, 0) is 11.3 Å². The molecule has 1 saturated carbocycles. The van der Waals surface area contributed by atoms with Gasteiger partial charge in [0.1, 0.15) is 0 Å². The second-order valence-corrected chi connectivity index (χ2v) is 6.91. The summed E-state index contributed by atoms with van der Waals surface area (Å²) in [4.78, 5) is 2.23. The Labute approximate surface area is 132 Å². The number of aliphatic hydroxyl groups excluding tert-OH is 1. The van der Waals surface area contributed by atoms with Crippen LogP contribution in [0.25, 0.3) is 0 Å². The summed E-state index contributed by atoms with van der Waals surface area (Å²) in [5.41, 5.74) is 1.98. The Morgan fingerprint density at radius 2 is 2.36 bits per heavy atom. The average Bonchev–Trinajstić information content (AvgIpc) is 2.90. The van der Waals surface area contributed by atoms with Gasteiger partial charge in [0.05, 0.1) is 31.1 Å². The summed E-state index contributed by atoms with van der Waals surface area (Å²) in [5.74, 6) is 0.660. The van der Waals surface area contributed by atoms with E-state index in [-0.39, 0.29) is 12.1 Å². The molecule has 1 saturated heterocycles. The van der Waals surface area contributed by atoms with Crippen molar-refractivity contribution in [2.24, 2.45) is 0 Å². The molecule has 0 unspecified atom stereocenters. The minimum Gasteiger partial charge on any atom is -0.394 e. The zero-order chi connectivity index (χ0) is 15.6. The van der Waals surface area contributed by atoms with E-state index in [1.165, 1.54) is 25.0 Å². The highest BCUT2D eigenvalue weighted by molar-refractivity contribution is 5.15. The number of nitrogens with one attached hydrogen (secondary N) is 2. The molecular weight excluding hydrogens is 280 g/mol. The van der Waals surface area contributed by atoms with Gasteiger partial charge in [-0.25, -0.2) is 0 Å². The molecule has 0 radical (unpaired) electrons. The van der Waals surface area contributed by atoms with Crippen LogP contribution < -0.4 is 5.32 Å². The van der Waals surface area contributed by atoms with Gasteiger partial charge in [0, 0.05) is 30.7 Å².